The van der Waals surface area contributed by atoms with E-state index in [0.29, 0.717) is 11.3 Å². The van der Waals surface area contributed by atoms with Crippen LogP contribution in [0, 0.1) is 0 Å². The Hall–Kier alpha value is -1.48. The van der Waals surface area contributed by atoms with Gasteiger partial charge in [-0.3, -0.25) is 0 Å². The Bertz CT molecular complexity index is 478. The van der Waals surface area contributed by atoms with Crippen molar-refractivity contribution in [2.24, 2.45) is 0 Å². The first kappa shape index (κ1) is 9.61. The Morgan fingerprint density at radius 2 is 1.92 bits per heavy atom. The van der Waals surface area contributed by atoms with Gasteiger partial charge < -0.3 is 10.2 Å². The quantitative estimate of drug-likeness (QED) is 0.518. The lowest BCUT2D eigenvalue weighted by molar-refractivity contribution is 0.562. The summed E-state index contributed by atoms with van der Waals surface area (Å²) < 4.78 is 4.91. The average Bonchev–Trinajstić information content (AvgIpc) is 2.07. The average molecular weight is 198 g/mol. The van der Waals surface area contributed by atoms with Crippen molar-refractivity contribution >= 4 is 29.1 Å². The molecule has 0 aliphatic carbocycles. The zero-order chi connectivity index (χ0) is 8.55. The molecule has 2 aromatic rings. The summed E-state index contributed by atoms with van der Waals surface area (Å²) in [5.74, 6) is 0. The van der Waals surface area contributed by atoms with Crippen LogP contribution >= 0.6 is 12.4 Å². The van der Waals surface area contributed by atoms with E-state index in [4.69, 9.17) is 10.2 Å². The third-order valence-corrected chi connectivity index (χ3v) is 1.68. The monoisotopic (exact) mass is 197 g/mol. The van der Waals surface area contributed by atoms with Gasteiger partial charge in [-0.25, -0.2) is 4.79 Å². The zero-order valence-electron chi connectivity index (χ0n) is 6.69. The molecule has 0 bridgehead atoms. The lowest BCUT2D eigenvalue weighted by Crippen LogP contribution is -1.96. The molecule has 0 saturated carbocycles. The minimum atomic E-state index is -0.375. The summed E-state index contributed by atoms with van der Waals surface area (Å²) in [6.45, 7) is 0. The van der Waals surface area contributed by atoms with E-state index in [0.717, 1.165) is 5.39 Å². The van der Waals surface area contributed by atoms with Crippen LogP contribution in [-0.4, -0.2) is 0 Å². The van der Waals surface area contributed by atoms with E-state index in [9.17, 15) is 4.79 Å². The molecule has 1 aromatic carbocycles. The normalized spacial score (nSPS) is 9.54. The number of hydrogen-bond donors (Lipinski definition) is 1. The Morgan fingerprint density at radius 3 is 2.69 bits per heavy atom. The van der Waals surface area contributed by atoms with E-state index in [1.54, 1.807) is 12.1 Å². The minimum absolute atomic E-state index is 0. The number of benzene rings is 1. The number of anilines is 1. The van der Waals surface area contributed by atoms with Crippen LogP contribution in [0.15, 0.2) is 39.5 Å². The predicted octanol–water partition coefficient (Wildman–Crippen LogP) is 1.80. The fourth-order valence-corrected chi connectivity index (χ4v) is 1.12. The van der Waals surface area contributed by atoms with Gasteiger partial charge in [0.05, 0.1) is 5.69 Å². The van der Waals surface area contributed by atoms with Crippen molar-refractivity contribution in [3.8, 4) is 0 Å². The standard InChI is InChI=1S/C9H7NO2.ClH/c10-7-3-1-2-6-4-5-8(11)12-9(6)7;/h1-5H,10H2;1H. The molecule has 0 fully saturated rings. The van der Waals surface area contributed by atoms with Crippen molar-refractivity contribution in [1.82, 2.24) is 0 Å². The number of para-hydroxylation sites is 1. The molecule has 13 heavy (non-hydrogen) atoms. The van der Waals surface area contributed by atoms with Gasteiger partial charge in [-0.1, -0.05) is 12.1 Å². The fourth-order valence-electron chi connectivity index (χ4n) is 1.12. The molecule has 0 unspecified atom stereocenters. The molecule has 0 radical (unpaired) electrons. The van der Waals surface area contributed by atoms with Gasteiger partial charge in [0, 0.05) is 11.5 Å². The van der Waals surface area contributed by atoms with Crippen LogP contribution < -0.4 is 11.4 Å². The maximum atomic E-state index is 10.8. The summed E-state index contributed by atoms with van der Waals surface area (Å²) in [7, 11) is 0. The number of nitrogen functional groups attached to an aromatic ring is 1. The van der Waals surface area contributed by atoms with E-state index in [1.165, 1.54) is 6.07 Å². The molecule has 1 heterocycles. The number of fused-ring (bicyclic) bond motifs is 1. The fraction of sp³-hybridized carbons (Fsp3) is 0. The molecule has 0 amide bonds. The van der Waals surface area contributed by atoms with Gasteiger partial charge in [0.25, 0.3) is 0 Å². The lowest BCUT2D eigenvalue weighted by atomic mass is 10.2. The summed E-state index contributed by atoms with van der Waals surface area (Å²) in [6.07, 6.45) is 0. The van der Waals surface area contributed by atoms with Crippen molar-refractivity contribution in [3.05, 3.63) is 40.8 Å². The highest BCUT2D eigenvalue weighted by atomic mass is 35.5. The molecule has 0 spiro atoms. The third kappa shape index (κ3) is 1.65. The van der Waals surface area contributed by atoms with Crippen LogP contribution in [0.2, 0.25) is 0 Å². The van der Waals surface area contributed by atoms with Gasteiger partial charge in [-0.2, -0.15) is 0 Å². The molecule has 1 aromatic heterocycles. The Morgan fingerprint density at radius 1 is 1.15 bits per heavy atom. The maximum absolute atomic E-state index is 10.8. The number of halogens is 1. The second kappa shape index (κ2) is 3.49. The molecule has 0 aliphatic rings. The maximum Gasteiger partial charge on any atom is 0.336 e. The van der Waals surface area contributed by atoms with E-state index in [-0.39, 0.29) is 18.0 Å². The van der Waals surface area contributed by atoms with Crippen LogP contribution in [0.4, 0.5) is 5.69 Å². The number of rotatable bonds is 0. The predicted molar refractivity (Wildman–Crippen MR) is 54.1 cm³/mol. The van der Waals surface area contributed by atoms with Crippen molar-refractivity contribution in [3.63, 3.8) is 0 Å². The smallest absolute Gasteiger partial charge is 0.336 e. The molecule has 2 rings (SSSR count). The van der Waals surface area contributed by atoms with Crippen molar-refractivity contribution in [2.75, 3.05) is 5.73 Å². The molecule has 4 heteroatoms. The van der Waals surface area contributed by atoms with Crippen LogP contribution in [0.1, 0.15) is 0 Å². The van der Waals surface area contributed by atoms with Gasteiger partial charge >= 0.3 is 5.63 Å². The highest BCUT2D eigenvalue weighted by Crippen LogP contribution is 2.17. The van der Waals surface area contributed by atoms with Crippen LogP contribution in [0.5, 0.6) is 0 Å². The summed E-state index contributed by atoms with van der Waals surface area (Å²) in [6, 6.07) is 8.43. The van der Waals surface area contributed by atoms with Crippen LogP contribution in [-0.2, 0) is 0 Å². The van der Waals surface area contributed by atoms with Crippen molar-refractivity contribution in [2.45, 2.75) is 0 Å². The van der Waals surface area contributed by atoms with Crippen molar-refractivity contribution in [1.29, 1.82) is 0 Å². The molecule has 2 N–H and O–H groups in total. The van der Waals surface area contributed by atoms with Gasteiger partial charge in [0.2, 0.25) is 0 Å². The molecular weight excluding hydrogens is 190 g/mol. The number of hydrogen-bond acceptors (Lipinski definition) is 3. The van der Waals surface area contributed by atoms with Gasteiger partial charge in [-0.15, -0.1) is 12.4 Å². The summed E-state index contributed by atoms with van der Waals surface area (Å²) >= 11 is 0. The second-order valence-corrected chi connectivity index (χ2v) is 2.52. The third-order valence-electron chi connectivity index (χ3n) is 1.68. The lowest BCUT2D eigenvalue weighted by Gasteiger charge is -1.97. The first-order chi connectivity index (χ1) is 5.77. The summed E-state index contributed by atoms with van der Waals surface area (Å²) in [5.41, 5.74) is 6.17. The molecular formula is C9H8ClNO2. The van der Waals surface area contributed by atoms with Gasteiger partial charge in [0.1, 0.15) is 0 Å². The second-order valence-electron chi connectivity index (χ2n) is 2.52. The molecule has 68 valence electrons. The van der Waals surface area contributed by atoms with E-state index in [2.05, 4.69) is 0 Å². The molecule has 0 aliphatic heterocycles. The van der Waals surface area contributed by atoms with E-state index in [1.807, 2.05) is 12.1 Å². The van der Waals surface area contributed by atoms with E-state index < -0.39 is 0 Å². The van der Waals surface area contributed by atoms with Crippen LogP contribution in [0.25, 0.3) is 11.0 Å². The first-order valence-electron chi connectivity index (χ1n) is 3.56. The topological polar surface area (TPSA) is 56.2 Å². The molecule has 3 nitrogen and oxygen atoms in total. The van der Waals surface area contributed by atoms with Gasteiger partial charge in [-0.05, 0) is 12.1 Å². The summed E-state index contributed by atoms with van der Waals surface area (Å²) in [4.78, 5) is 10.8. The Labute approximate surface area is 80.6 Å². The molecule has 0 saturated heterocycles. The van der Waals surface area contributed by atoms with Crippen molar-refractivity contribution < 1.29 is 4.42 Å². The Balaban J connectivity index is 0.000000845. The Kier molecular flexibility index (Phi) is 2.58. The highest BCUT2D eigenvalue weighted by molar-refractivity contribution is 5.86. The van der Waals surface area contributed by atoms with E-state index >= 15 is 0 Å². The first-order valence-corrected chi connectivity index (χ1v) is 3.56. The van der Waals surface area contributed by atoms with Gasteiger partial charge in [0.15, 0.2) is 5.58 Å². The minimum Gasteiger partial charge on any atom is -0.421 e. The highest BCUT2D eigenvalue weighted by Gasteiger charge is 1.98. The van der Waals surface area contributed by atoms with Crippen LogP contribution in [0.3, 0.4) is 0 Å². The largest absolute Gasteiger partial charge is 0.421 e. The summed E-state index contributed by atoms with van der Waals surface area (Å²) in [5, 5.41) is 0.842. The zero-order valence-corrected chi connectivity index (χ0v) is 7.51. The number of nitrogens with two attached hydrogens (primary N) is 1. The molecule has 0 atom stereocenters. The SMILES string of the molecule is Cl.Nc1cccc2ccc(=O)oc12.